The molecule has 0 amide bonds. The molecule has 0 saturated carbocycles. The summed E-state index contributed by atoms with van der Waals surface area (Å²) in [4.78, 5) is 11.3. The van der Waals surface area contributed by atoms with E-state index in [9.17, 15) is 9.18 Å². The third-order valence-electron chi connectivity index (χ3n) is 2.52. The molecule has 0 unspecified atom stereocenters. The van der Waals surface area contributed by atoms with Crippen LogP contribution in [0, 0.1) is 5.82 Å². The fourth-order valence-electron chi connectivity index (χ4n) is 1.58. The first-order valence-corrected chi connectivity index (χ1v) is 6.72. The van der Waals surface area contributed by atoms with Gasteiger partial charge in [0.05, 0.1) is 29.9 Å². The van der Waals surface area contributed by atoms with Crippen LogP contribution in [-0.4, -0.2) is 13.1 Å². The van der Waals surface area contributed by atoms with Crippen LogP contribution in [0.1, 0.15) is 16.1 Å². The summed E-state index contributed by atoms with van der Waals surface area (Å²) in [5.41, 5.74) is 0.873. The topological polar surface area (TPSA) is 51.5 Å². The average molecular weight is 363 g/mol. The van der Waals surface area contributed by atoms with Crippen molar-refractivity contribution in [1.29, 1.82) is 0 Å². The minimum Gasteiger partial charge on any atom is -0.467 e. The smallest absolute Gasteiger partial charge is 0.341 e. The van der Waals surface area contributed by atoms with E-state index >= 15 is 0 Å². The zero-order chi connectivity index (χ0) is 14.7. The molecule has 2 rings (SSSR count). The van der Waals surface area contributed by atoms with Crippen molar-refractivity contribution in [2.24, 2.45) is 0 Å². The first-order chi connectivity index (χ1) is 9.51. The highest BCUT2D eigenvalue weighted by atomic mass is 79.9. The maximum atomic E-state index is 13.1. The molecule has 0 saturated heterocycles. The molecule has 1 aromatic heterocycles. The van der Waals surface area contributed by atoms with Crippen molar-refractivity contribution in [2.75, 3.05) is 12.4 Å². The normalized spacial score (nSPS) is 10.4. The van der Waals surface area contributed by atoms with Crippen molar-refractivity contribution < 1.29 is 18.3 Å². The third-order valence-corrected chi connectivity index (χ3v) is 3.44. The summed E-state index contributed by atoms with van der Waals surface area (Å²) >= 11 is 9.16. The Morgan fingerprint density at radius 1 is 1.50 bits per heavy atom. The van der Waals surface area contributed by atoms with Crippen molar-refractivity contribution in [3.8, 4) is 0 Å². The van der Waals surface area contributed by atoms with Crippen molar-refractivity contribution >= 4 is 39.2 Å². The molecule has 0 radical (unpaired) electrons. The van der Waals surface area contributed by atoms with Gasteiger partial charge in [-0.3, -0.25) is 0 Å². The van der Waals surface area contributed by atoms with Gasteiger partial charge >= 0.3 is 5.97 Å². The number of methoxy groups -OCH3 is 1. The molecule has 7 heteroatoms. The molecule has 106 valence electrons. The van der Waals surface area contributed by atoms with Gasteiger partial charge in [0, 0.05) is 4.47 Å². The van der Waals surface area contributed by atoms with E-state index in [-0.39, 0.29) is 5.02 Å². The molecule has 1 heterocycles. The van der Waals surface area contributed by atoms with Crippen LogP contribution in [-0.2, 0) is 11.3 Å². The van der Waals surface area contributed by atoms with Gasteiger partial charge in [-0.15, -0.1) is 0 Å². The summed E-state index contributed by atoms with van der Waals surface area (Å²) in [6.45, 7) is 0.293. The molecule has 2 aromatic rings. The summed E-state index contributed by atoms with van der Waals surface area (Å²) in [5, 5.41) is 3.25. The lowest BCUT2D eigenvalue weighted by atomic mass is 10.3. The number of halogens is 3. The fourth-order valence-corrected chi connectivity index (χ4v) is 2.54. The SMILES string of the molecule is COC(=O)c1coc(CNc2c(Cl)cc(F)cc2Br)c1. The van der Waals surface area contributed by atoms with Crippen LogP contribution in [0.4, 0.5) is 10.1 Å². The van der Waals surface area contributed by atoms with Gasteiger partial charge in [0.25, 0.3) is 0 Å². The number of esters is 1. The van der Waals surface area contributed by atoms with Crippen molar-refractivity contribution in [2.45, 2.75) is 6.54 Å². The summed E-state index contributed by atoms with van der Waals surface area (Å²) in [6, 6.07) is 4.07. The maximum Gasteiger partial charge on any atom is 0.341 e. The monoisotopic (exact) mass is 361 g/mol. The number of furan rings is 1. The van der Waals surface area contributed by atoms with E-state index in [0.717, 1.165) is 0 Å². The Kier molecular flexibility index (Phi) is 4.67. The van der Waals surface area contributed by atoms with Crippen molar-refractivity contribution in [3.05, 3.63) is 51.1 Å². The van der Waals surface area contributed by atoms with Gasteiger partial charge in [-0.05, 0) is 34.1 Å². The van der Waals surface area contributed by atoms with E-state index in [4.69, 9.17) is 16.0 Å². The lowest BCUT2D eigenvalue weighted by Crippen LogP contribution is -2.01. The Hall–Kier alpha value is -1.53. The molecular formula is C13H10BrClFNO3. The van der Waals surface area contributed by atoms with E-state index in [1.807, 2.05) is 0 Å². The number of hydrogen-bond donors (Lipinski definition) is 1. The molecule has 0 aliphatic carbocycles. The lowest BCUT2D eigenvalue weighted by Gasteiger charge is -2.09. The quantitative estimate of drug-likeness (QED) is 0.827. The largest absolute Gasteiger partial charge is 0.467 e. The lowest BCUT2D eigenvalue weighted by molar-refractivity contribution is 0.0600. The molecule has 20 heavy (non-hydrogen) atoms. The Bertz CT molecular complexity index is 621. The van der Waals surface area contributed by atoms with Crippen LogP contribution < -0.4 is 5.32 Å². The first kappa shape index (κ1) is 14.9. The van der Waals surface area contributed by atoms with Crippen molar-refractivity contribution in [3.63, 3.8) is 0 Å². The molecular weight excluding hydrogens is 353 g/mol. The van der Waals surface area contributed by atoms with Gasteiger partial charge in [0.2, 0.25) is 0 Å². The summed E-state index contributed by atoms with van der Waals surface area (Å²) < 4.78 is 23.4. The number of ether oxygens (including phenoxy) is 1. The Labute approximate surface area is 128 Å². The van der Waals surface area contributed by atoms with Gasteiger partial charge in [-0.25, -0.2) is 9.18 Å². The van der Waals surface area contributed by atoms with Gasteiger partial charge in [-0.1, -0.05) is 11.6 Å². The van der Waals surface area contributed by atoms with Crippen LogP contribution >= 0.6 is 27.5 Å². The molecule has 0 fully saturated rings. The van der Waals surface area contributed by atoms with Crippen molar-refractivity contribution in [1.82, 2.24) is 0 Å². The molecule has 4 nitrogen and oxygen atoms in total. The minimum atomic E-state index is -0.471. The zero-order valence-electron chi connectivity index (χ0n) is 10.4. The fraction of sp³-hybridized carbons (Fsp3) is 0.154. The molecule has 1 aromatic carbocycles. The standard InChI is InChI=1S/C13H10BrClFNO3/c1-19-13(18)7-2-9(20-6-7)5-17-12-10(14)3-8(16)4-11(12)15/h2-4,6,17H,5H2,1H3. The number of carbonyl (C=O) groups excluding carboxylic acids is 1. The minimum absolute atomic E-state index is 0.247. The second-order valence-electron chi connectivity index (χ2n) is 3.89. The van der Waals surface area contributed by atoms with E-state index in [1.165, 1.54) is 25.5 Å². The number of nitrogens with one attached hydrogen (secondary N) is 1. The second-order valence-corrected chi connectivity index (χ2v) is 5.15. The van der Waals surface area contributed by atoms with E-state index in [2.05, 4.69) is 26.0 Å². The average Bonchev–Trinajstić information content (AvgIpc) is 2.85. The van der Waals surface area contributed by atoms with Crippen LogP contribution in [0.3, 0.4) is 0 Å². The molecule has 0 aliphatic heterocycles. The van der Waals surface area contributed by atoms with Gasteiger partial charge in [0.1, 0.15) is 17.8 Å². The van der Waals surface area contributed by atoms with Gasteiger partial charge in [-0.2, -0.15) is 0 Å². The Morgan fingerprint density at radius 3 is 2.90 bits per heavy atom. The van der Waals surface area contributed by atoms with Crippen LogP contribution in [0.15, 0.2) is 33.4 Å². The van der Waals surface area contributed by atoms with Gasteiger partial charge in [0.15, 0.2) is 0 Å². The summed E-state index contributed by atoms with van der Waals surface area (Å²) in [7, 11) is 1.29. The van der Waals surface area contributed by atoms with Gasteiger partial charge < -0.3 is 14.5 Å². The van der Waals surface area contributed by atoms with E-state index in [1.54, 1.807) is 6.07 Å². The molecule has 1 N–H and O–H groups in total. The number of hydrogen-bond acceptors (Lipinski definition) is 4. The number of carbonyl (C=O) groups is 1. The summed E-state index contributed by atoms with van der Waals surface area (Å²) in [6.07, 6.45) is 1.31. The number of anilines is 1. The maximum absolute atomic E-state index is 13.1. The highest BCUT2D eigenvalue weighted by Crippen LogP contribution is 2.32. The molecule has 0 aliphatic rings. The molecule has 0 bridgehead atoms. The predicted octanol–water partition coefficient (Wildman–Crippen LogP) is 4.23. The number of benzene rings is 1. The predicted molar refractivity (Wildman–Crippen MR) is 76.5 cm³/mol. The highest BCUT2D eigenvalue weighted by molar-refractivity contribution is 9.10. The summed E-state index contributed by atoms with van der Waals surface area (Å²) in [5.74, 6) is -0.378. The van der Waals surface area contributed by atoms with E-state index in [0.29, 0.717) is 28.0 Å². The van der Waals surface area contributed by atoms with Crippen LogP contribution in [0.2, 0.25) is 5.02 Å². The van der Waals surface area contributed by atoms with E-state index < -0.39 is 11.8 Å². The Balaban J connectivity index is 2.09. The Morgan fingerprint density at radius 2 is 2.25 bits per heavy atom. The second kappa shape index (κ2) is 6.28. The number of rotatable bonds is 4. The highest BCUT2D eigenvalue weighted by Gasteiger charge is 2.12. The molecule has 0 atom stereocenters. The van der Waals surface area contributed by atoms with Crippen LogP contribution in [0.5, 0.6) is 0 Å². The molecule has 0 spiro atoms. The third kappa shape index (κ3) is 3.32. The zero-order valence-corrected chi connectivity index (χ0v) is 12.7. The first-order valence-electron chi connectivity index (χ1n) is 5.55. The van der Waals surface area contributed by atoms with Crippen LogP contribution in [0.25, 0.3) is 0 Å².